The molecule has 2 aromatic carbocycles. The molecule has 0 aliphatic rings. The average molecular weight is 325 g/mol. The summed E-state index contributed by atoms with van der Waals surface area (Å²) in [4.78, 5) is 0.111. The van der Waals surface area contributed by atoms with Crippen molar-refractivity contribution in [1.82, 2.24) is 0 Å². The summed E-state index contributed by atoms with van der Waals surface area (Å²) in [6.07, 6.45) is 0. The minimum Gasteiger partial charge on any atom is -0.497 e. The molecule has 5 nitrogen and oxygen atoms in total. The number of nitrogens with one attached hydrogen (secondary N) is 1. The fraction of sp³-hybridized carbons (Fsp3) is 0.200. The van der Waals surface area contributed by atoms with Crippen molar-refractivity contribution in [1.29, 1.82) is 0 Å². The Balaban J connectivity index is 2.40. The normalized spacial score (nSPS) is 11.1. The van der Waals surface area contributed by atoms with E-state index in [0.29, 0.717) is 11.3 Å². The molecule has 2 aromatic rings. The van der Waals surface area contributed by atoms with E-state index >= 15 is 0 Å². The van der Waals surface area contributed by atoms with Crippen molar-refractivity contribution in [3.8, 4) is 11.5 Å². The Kier molecular flexibility index (Phi) is 4.56. The second-order valence-electron chi connectivity index (χ2n) is 4.58. The molecule has 0 aliphatic carbocycles. The molecular formula is C15H16FNO4S. The maximum Gasteiger partial charge on any atom is 0.262 e. The largest absolute Gasteiger partial charge is 0.497 e. The maximum absolute atomic E-state index is 13.2. The maximum atomic E-state index is 13.2. The number of anilines is 1. The van der Waals surface area contributed by atoms with Gasteiger partial charge in [0.1, 0.15) is 17.3 Å². The highest BCUT2D eigenvalue weighted by Crippen LogP contribution is 2.29. The zero-order valence-electron chi connectivity index (χ0n) is 12.4. The number of ether oxygens (including phenoxy) is 2. The van der Waals surface area contributed by atoms with E-state index in [1.54, 1.807) is 19.1 Å². The molecule has 22 heavy (non-hydrogen) atoms. The summed E-state index contributed by atoms with van der Waals surface area (Å²) in [6, 6.07) is 8.21. The second kappa shape index (κ2) is 6.23. The van der Waals surface area contributed by atoms with E-state index in [4.69, 9.17) is 9.47 Å². The fourth-order valence-electron chi connectivity index (χ4n) is 2.00. The van der Waals surface area contributed by atoms with Crippen LogP contribution in [0.15, 0.2) is 41.3 Å². The van der Waals surface area contributed by atoms with Gasteiger partial charge in [0.15, 0.2) is 0 Å². The van der Waals surface area contributed by atoms with Gasteiger partial charge in [-0.2, -0.15) is 0 Å². The number of hydrogen-bond donors (Lipinski definition) is 1. The molecule has 0 atom stereocenters. The average Bonchev–Trinajstić information content (AvgIpc) is 2.48. The standard InChI is InChI=1S/C15H16FNO4S/c1-10-8-12(20-2)5-7-15(10)22(18,19)17-13-6-4-11(16)9-14(13)21-3/h4-9,17H,1-3H3. The summed E-state index contributed by atoms with van der Waals surface area (Å²) in [7, 11) is -0.979. The van der Waals surface area contributed by atoms with E-state index in [-0.39, 0.29) is 16.3 Å². The van der Waals surface area contributed by atoms with Gasteiger partial charge in [-0.1, -0.05) is 0 Å². The molecule has 0 saturated heterocycles. The van der Waals surface area contributed by atoms with Gasteiger partial charge >= 0.3 is 0 Å². The van der Waals surface area contributed by atoms with Crippen LogP contribution in [0.3, 0.4) is 0 Å². The third-order valence-corrected chi connectivity index (χ3v) is 4.61. The molecule has 0 unspecified atom stereocenters. The number of sulfonamides is 1. The predicted molar refractivity (Wildman–Crippen MR) is 81.5 cm³/mol. The summed E-state index contributed by atoms with van der Waals surface area (Å²) in [5, 5.41) is 0. The summed E-state index contributed by atoms with van der Waals surface area (Å²) in [5.41, 5.74) is 0.701. The monoisotopic (exact) mass is 325 g/mol. The van der Waals surface area contributed by atoms with Crippen molar-refractivity contribution in [3.63, 3.8) is 0 Å². The molecule has 0 aliphatic heterocycles. The van der Waals surface area contributed by atoms with Gasteiger partial charge in [-0.3, -0.25) is 4.72 Å². The first-order valence-corrected chi connectivity index (χ1v) is 7.86. The van der Waals surface area contributed by atoms with Gasteiger partial charge in [-0.15, -0.1) is 0 Å². The summed E-state index contributed by atoms with van der Waals surface area (Å²) in [5.74, 6) is 0.158. The molecular weight excluding hydrogens is 309 g/mol. The molecule has 0 bridgehead atoms. The van der Waals surface area contributed by atoms with Crippen LogP contribution in [0.2, 0.25) is 0 Å². The lowest BCUT2D eigenvalue weighted by atomic mass is 10.2. The Morgan fingerprint density at radius 3 is 2.36 bits per heavy atom. The van der Waals surface area contributed by atoms with Crippen LogP contribution in [0.4, 0.5) is 10.1 Å². The number of rotatable bonds is 5. The highest BCUT2D eigenvalue weighted by Gasteiger charge is 2.19. The highest BCUT2D eigenvalue weighted by atomic mass is 32.2. The summed E-state index contributed by atoms with van der Waals surface area (Å²) >= 11 is 0. The van der Waals surface area contributed by atoms with Crippen molar-refractivity contribution in [2.24, 2.45) is 0 Å². The van der Waals surface area contributed by atoms with Gasteiger partial charge < -0.3 is 9.47 Å². The molecule has 0 heterocycles. The predicted octanol–water partition coefficient (Wildman–Crippen LogP) is 2.95. The molecule has 0 radical (unpaired) electrons. The van der Waals surface area contributed by atoms with Crippen LogP contribution in [0, 0.1) is 12.7 Å². The third-order valence-electron chi connectivity index (χ3n) is 3.08. The topological polar surface area (TPSA) is 64.6 Å². The molecule has 1 N–H and O–H groups in total. The second-order valence-corrected chi connectivity index (χ2v) is 6.23. The van der Waals surface area contributed by atoms with Crippen LogP contribution < -0.4 is 14.2 Å². The highest BCUT2D eigenvalue weighted by molar-refractivity contribution is 7.92. The Morgan fingerprint density at radius 2 is 1.77 bits per heavy atom. The summed E-state index contributed by atoms with van der Waals surface area (Å²) < 4.78 is 50.6. The zero-order valence-corrected chi connectivity index (χ0v) is 13.2. The SMILES string of the molecule is COc1ccc(S(=O)(=O)Nc2ccc(F)cc2OC)c(C)c1. The van der Waals surface area contributed by atoms with Gasteiger partial charge in [0.25, 0.3) is 10.0 Å². The minimum absolute atomic E-state index is 0.106. The van der Waals surface area contributed by atoms with Crippen LogP contribution in [0.1, 0.15) is 5.56 Å². The van der Waals surface area contributed by atoms with E-state index in [0.717, 1.165) is 12.1 Å². The summed E-state index contributed by atoms with van der Waals surface area (Å²) in [6.45, 7) is 1.67. The quantitative estimate of drug-likeness (QED) is 0.918. The van der Waals surface area contributed by atoms with Gasteiger partial charge in [0.2, 0.25) is 0 Å². The van der Waals surface area contributed by atoms with Crippen LogP contribution in [-0.4, -0.2) is 22.6 Å². The lowest BCUT2D eigenvalue weighted by Crippen LogP contribution is -2.15. The van der Waals surface area contributed by atoms with Crippen molar-refractivity contribution >= 4 is 15.7 Å². The Morgan fingerprint density at radius 1 is 1.05 bits per heavy atom. The first-order valence-electron chi connectivity index (χ1n) is 6.38. The number of halogens is 1. The van der Waals surface area contributed by atoms with Crippen LogP contribution in [-0.2, 0) is 10.0 Å². The first-order chi connectivity index (χ1) is 10.4. The minimum atomic E-state index is -3.82. The van der Waals surface area contributed by atoms with Gasteiger partial charge in [-0.05, 0) is 42.8 Å². The van der Waals surface area contributed by atoms with Crippen LogP contribution in [0.5, 0.6) is 11.5 Å². The molecule has 0 amide bonds. The lowest BCUT2D eigenvalue weighted by Gasteiger charge is -2.13. The third kappa shape index (κ3) is 3.30. The molecule has 118 valence electrons. The van der Waals surface area contributed by atoms with Crippen molar-refractivity contribution < 1.29 is 22.3 Å². The molecule has 0 fully saturated rings. The Hall–Kier alpha value is -2.28. The van der Waals surface area contributed by atoms with E-state index in [2.05, 4.69) is 4.72 Å². The van der Waals surface area contributed by atoms with Crippen LogP contribution >= 0.6 is 0 Å². The first kappa shape index (κ1) is 16.1. The van der Waals surface area contributed by atoms with Crippen molar-refractivity contribution in [2.45, 2.75) is 11.8 Å². The fourth-order valence-corrected chi connectivity index (χ4v) is 3.30. The number of hydrogen-bond acceptors (Lipinski definition) is 4. The van der Waals surface area contributed by atoms with Crippen LogP contribution in [0.25, 0.3) is 0 Å². The number of benzene rings is 2. The van der Waals surface area contributed by atoms with E-state index < -0.39 is 15.8 Å². The molecule has 2 rings (SSSR count). The van der Waals surface area contributed by atoms with Gasteiger partial charge in [-0.25, -0.2) is 12.8 Å². The Labute approximate surface area is 128 Å². The van der Waals surface area contributed by atoms with Gasteiger partial charge in [0.05, 0.1) is 24.8 Å². The lowest BCUT2D eigenvalue weighted by molar-refractivity contribution is 0.413. The smallest absolute Gasteiger partial charge is 0.262 e. The van der Waals surface area contributed by atoms with Crippen molar-refractivity contribution in [2.75, 3.05) is 18.9 Å². The zero-order chi connectivity index (χ0) is 16.3. The Bertz CT molecular complexity index is 790. The molecule has 0 saturated carbocycles. The number of methoxy groups -OCH3 is 2. The van der Waals surface area contributed by atoms with E-state index in [9.17, 15) is 12.8 Å². The van der Waals surface area contributed by atoms with E-state index in [1.165, 1.54) is 26.4 Å². The number of aryl methyl sites for hydroxylation is 1. The van der Waals surface area contributed by atoms with Crippen molar-refractivity contribution in [3.05, 3.63) is 47.8 Å². The molecule has 0 aromatic heterocycles. The molecule has 7 heteroatoms. The van der Waals surface area contributed by atoms with Gasteiger partial charge in [0, 0.05) is 6.07 Å². The van der Waals surface area contributed by atoms with E-state index in [1.807, 2.05) is 0 Å². The molecule has 0 spiro atoms.